The molecule has 3 aromatic rings. The number of nitrogens with zero attached hydrogens (tertiary/aromatic N) is 2. The maximum Gasteiger partial charge on any atom is 0.227 e. The minimum Gasteiger partial charge on any atom is -0.361 e. The van der Waals surface area contributed by atoms with Crippen LogP contribution in [0.2, 0.25) is 25.7 Å². The summed E-state index contributed by atoms with van der Waals surface area (Å²) in [6.45, 7) is 10.6. The van der Waals surface area contributed by atoms with Crippen LogP contribution in [-0.2, 0) is 16.3 Å². The van der Waals surface area contributed by atoms with Crippen LogP contribution in [0, 0.1) is 11.8 Å². The Morgan fingerprint density at radius 2 is 2.03 bits per heavy atom. The van der Waals surface area contributed by atoms with Crippen molar-refractivity contribution in [3.8, 4) is 11.3 Å². The molecule has 0 unspecified atom stereocenters. The van der Waals surface area contributed by atoms with Crippen LogP contribution in [-0.4, -0.2) is 30.1 Å². The van der Waals surface area contributed by atoms with Gasteiger partial charge in [0.25, 0.3) is 0 Å². The molecule has 0 atom stereocenters. The normalized spacial score (nSPS) is 19.2. The summed E-state index contributed by atoms with van der Waals surface area (Å²) in [7, 11) is -1.15. The van der Waals surface area contributed by atoms with Gasteiger partial charge in [-0.1, -0.05) is 33.0 Å². The van der Waals surface area contributed by atoms with Gasteiger partial charge in [0.2, 0.25) is 5.91 Å². The summed E-state index contributed by atoms with van der Waals surface area (Å²) in [5.41, 5.74) is 3.94. The molecule has 7 heteroatoms. The zero-order valence-electron chi connectivity index (χ0n) is 20.4. The Hall–Kier alpha value is -1.96. The van der Waals surface area contributed by atoms with Crippen molar-refractivity contribution in [3.63, 3.8) is 0 Å². The zero-order chi connectivity index (χ0) is 23.4. The lowest BCUT2D eigenvalue weighted by Gasteiger charge is -2.27. The maximum absolute atomic E-state index is 13.1. The first kappa shape index (κ1) is 24.2. The molecule has 3 heterocycles. The summed E-state index contributed by atoms with van der Waals surface area (Å²) in [5, 5.41) is 8.45. The Labute approximate surface area is 202 Å². The van der Waals surface area contributed by atoms with E-state index in [9.17, 15) is 4.79 Å². The summed E-state index contributed by atoms with van der Waals surface area (Å²) in [4.78, 5) is 17.8. The van der Waals surface area contributed by atoms with Crippen LogP contribution in [0.4, 0.5) is 5.69 Å². The molecule has 0 spiro atoms. The second-order valence-electron chi connectivity index (χ2n) is 10.5. The highest BCUT2D eigenvalue weighted by Gasteiger charge is 2.26. The lowest BCUT2D eigenvalue weighted by atomic mass is 9.80. The van der Waals surface area contributed by atoms with Crippen LogP contribution in [0.1, 0.15) is 39.0 Å². The minimum atomic E-state index is -1.15. The summed E-state index contributed by atoms with van der Waals surface area (Å²) in [6.07, 6.45) is 7.32. The Balaban J connectivity index is 1.57. The smallest absolute Gasteiger partial charge is 0.227 e. The number of hydrogen-bond acceptors (Lipinski definition) is 4. The number of fused-ring (bicyclic) bond motifs is 1. The van der Waals surface area contributed by atoms with Gasteiger partial charge in [-0.3, -0.25) is 4.79 Å². The van der Waals surface area contributed by atoms with Crippen LogP contribution < -0.4 is 5.32 Å². The molecule has 1 fully saturated rings. The average molecular weight is 484 g/mol. The Kier molecular flexibility index (Phi) is 7.71. The molecular weight excluding hydrogens is 446 g/mol. The number of nitrogens with one attached hydrogen (secondary N) is 1. The van der Waals surface area contributed by atoms with Gasteiger partial charge in [-0.2, -0.15) is 11.3 Å². The number of hydrogen-bond donors (Lipinski definition) is 1. The van der Waals surface area contributed by atoms with E-state index in [1.54, 1.807) is 17.5 Å². The van der Waals surface area contributed by atoms with Crippen LogP contribution in [0.25, 0.3) is 22.3 Å². The Bertz CT molecular complexity index is 1060. The van der Waals surface area contributed by atoms with E-state index in [2.05, 4.69) is 64.3 Å². The van der Waals surface area contributed by atoms with E-state index >= 15 is 0 Å². The molecule has 3 aromatic heterocycles. The SMILES string of the molecule is CCC1CCC(C(=O)Nc2ccnc3c2cc(-c2ccsc2)n3COCC[Si](C)(C)C)CC1. The second-order valence-corrected chi connectivity index (χ2v) is 16.9. The van der Waals surface area contributed by atoms with E-state index < -0.39 is 8.07 Å². The highest BCUT2D eigenvalue weighted by molar-refractivity contribution is 7.08. The molecule has 1 N–H and O–H groups in total. The van der Waals surface area contributed by atoms with Gasteiger partial charge in [0.1, 0.15) is 12.4 Å². The van der Waals surface area contributed by atoms with Crippen molar-refractivity contribution in [3.05, 3.63) is 35.2 Å². The first-order valence-corrected chi connectivity index (χ1v) is 16.9. The predicted octanol–water partition coefficient (Wildman–Crippen LogP) is 7.23. The summed E-state index contributed by atoms with van der Waals surface area (Å²) < 4.78 is 8.25. The number of thiophene rings is 1. The van der Waals surface area contributed by atoms with Gasteiger partial charge in [-0.05, 0) is 61.2 Å². The number of carbonyl (C=O) groups excluding carboxylic acids is 1. The third kappa shape index (κ3) is 5.94. The largest absolute Gasteiger partial charge is 0.361 e. The lowest BCUT2D eigenvalue weighted by Crippen LogP contribution is -2.27. The van der Waals surface area contributed by atoms with Crippen molar-refractivity contribution in [1.82, 2.24) is 9.55 Å². The van der Waals surface area contributed by atoms with E-state index in [0.29, 0.717) is 6.73 Å². The van der Waals surface area contributed by atoms with Gasteiger partial charge in [0, 0.05) is 43.1 Å². The molecule has 1 saturated carbocycles. The van der Waals surface area contributed by atoms with Gasteiger partial charge in [-0.25, -0.2) is 4.98 Å². The first-order valence-electron chi connectivity index (χ1n) is 12.2. The molecule has 33 heavy (non-hydrogen) atoms. The van der Waals surface area contributed by atoms with Gasteiger partial charge >= 0.3 is 0 Å². The topological polar surface area (TPSA) is 56.2 Å². The third-order valence-electron chi connectivity index (χ3n) is 6.88. The third-order valence-corrected chi connectivity index (χ3v) is 9.27. The molecule has 0 bridgehead atoms. The van der Waals surface area contributed by atoms with E-state index in [1.165, 1.54) is 6.42 Å². The number of anilines is 1. The molecule has 0 aliphatic heterocycles. The lowest BCUT2D eigenvalue weighted by molar-refractivity contribution is -0.121. The van der Waals surface area contributed by atoms with Crippen molar-refractivity contribution in [1.29, 1.82) is 0 Å². The fourth-order valence-electron chi connectivity index (χ4n) is 4.64. The van der Waals surface area contributed by atoms with E-state index in [4.69, 9.17) is 4.74 Å². The van der Waals surface area contributed by atoms with Crippen molar-refractivity contribution < 1.29 is 9.53 Å². The molecule has 0 saturated heterocycles. The van der Waals surface area contributed by atoms with Gasteiger partial charge < -0.3 is 14.6 Å². The molecule has 1 amide bonds. The Morgan fingerprint density at radius 3 is 2.70 bits per heavy atom. The number of ether oxygens (including phenoxy) is 1. The van der Waals surface area contributed by atoms with Crippen molar-refractivity contribution >= 4 is 42.0 Å². The standard InChI is InChI=1S/C26H37N3O2SSi/c1-5-19-6-8-20(9-7-19)26(30)28-23-10-12-27-25-22(23)16-24(21-11-14-32-17-21)29(25)18-31-13-15-33(2,3)4/h10-12,14,16-17,19-20H,5-9,13,15,18H2,1-4H3,(H,27,28,30). The number of carbonyl (C=O) groups is 1. The first-order chi connectivity index (χ1) is 15.9. The molecule has 0 radical (unpaired) electrons. The number of rotatable bonds is 9. The molecule has 1 aliphatic rings. The highest BCUT2D eigenvalue weighted by Crippen LogP contribution is 2.35. The van der Waals surface area contributed by atoms with Crippen LogP contribution in [0.15, 0.2) is 35.2 Å². The molecule has 5 nitrogen and oxygen atoms in total. The maximum atomic E-state index is 13.1. The molecule has 1 aliphatic carbocycles. The van der Waals surface area contributed by atoms with Crippen LogP contribution in [0.5, 0.6) is 0 Å². The van der Waals surface area contributed by atoms with Gasteiger partial charge in [-0.15, -0.1) is 0 Å². The van der Waals surface area contributed by atoms with Crippen LogP contribution >= 0.6 is 11.3 Å². The Morgan fingerprint density at radius 1 is 1.24 bits per heavy atom. The van der Waals surface area contributed by atoms with Crippen molar-refractivity contribution in [2.24, 2.45) is 11.8 Å². The number of amides is 1. The van der Waals surface area contributed by atoms with E-state index in [1.807, 2.05) is 6.07 Å². The van der Waals surface area contributed by atoms with Crippen molar-refractivity contribution in [2.75, 3.05) is 11.9 Å². The van der Waals surface area contributed by atoms with Gasteiger partial charge in [0.15, 0.2) is 0 Å². The van der Waals surface area contributed by atoms with Gasteiger partial charge in [0.05, 0.1) is 11.4 Å². The van der Waals surface area contributed by atoms with Crippen LogP contribution in [0.3, 0.4) is 0 Å². The molecule has 0 aromatic carbocycles. The molecule has 178 valence electrons. The molecular formula is C26H37N3O2SSi. The predicted molar refractivity (Wildman–Crippen MR) is 142 cm³/mol. The summed E-state index contributed by atoms with van der Waals surface area (Å²) in [6, 6.07) is 7.33. The summed E-state index contributed by atoms with van der Waals surface area (Å²) in [5.74, 6) is 1.04. The average Bonchev–Trinajstić information content (AvgIpc) is 3.45. The summed E-state index contributed by atoms with van der Waals surface area (Å²) >= 11 is 1.68. The molecule has 4 rings (SSSR count). The highest BCUT2D eigenvalue weighted by atomic mass is 32.1. The number of aromatic nitrogens is 2. The van der Waals surface area contributed by atoms with Crippen molar-refractivity contribution in [2.45, 2.75) is 71.4 Å². The van der Waals surface area contributed by atoms with E-state index in [-0.39, 0.29) is 11.8 Å². The fraction of sp³-hybridized carbons (Fsp3) is 0.538. The second kappa shape index (κ2) is 10.5. The zero-order valence-corrected chi connectivity index (χ0v) is 22.2. The monoisotopic (exact) mass is 483 g/mol. The quantitative estimate of drug-likeness (QED) is 0.258. The minimum absolute atomic E-state index is 0.111. The fourth-order valence-corrected chi connectivity index (χ4v) is 6.05. The van der Waals surface area contributed by atoms with E-state index in [0.717, 1.165) is 72.2 Å². The number of pyridine rings is 1.